The molecular formula is C14H11Cl2N3OS. The first-order chi connectivity index (χ1) is 10.1. The maximum atomic E-state index is 12.0. The minimum atomic E-state index is -0.138. The summed E-state index contributed by atoms with van der Waals surface area (Å²) in [4.78, 5) is 17.3. The molecule has 4 nitrogen and oxygen atoms in total. The van der Waals surface area contributed by atoms with Crippen LogP contribution in [-0.4, -0.2) is 15.3 Å². The van der Waals surface area contributed by atoms with Gasteiger partial charge in [-0.15, -0.1) is 11.3 Å². The molecule has 2 heterocycles. The van der Waals surface area contributed by atoms with Crippen LogP contribution in [0.25, 0.3) is 4.96 Å². The summed E-state index contributed by atoms with van der Waals surface area (Å²) in [6, 6.07) is 5.20. The maximum absolute atomic E-state index is 12.0. The second-order valence-electron chi connectivity index (χ2n) is 4.48. The number of benzene rings is 1. The van der Waals surface area contributed by atoms with Gasteiger partial charge in [-0.1, -0.05) is 29.3 Å². The Morgan fingerprint density at radius 1 is 1.33 bits per heavy atom. The normalized spacial score (nSPS) is 11.0. The van der Waals surface area contributed by atoms with E-state index in [1.807, 2.05) is 22.2 Å². The topological polar surface area (TPSA) is 46.4 Å². The number of fused-ring (bicyclic) bond motifs is 1. The fourth-order valence-corrected chi connectivity index (χ4v) is 3.22. The highest BCUT2D eigenvalue weighted by atomic mass is 35.5. The Morgan fingerprint density at radius 3 is 2.81 bits per heavy atom. The molecule has 0 radical (unpaired) electrons. The molecule has 0 saturated carbocycles. The van der Waals surface area contributed by atoms with Gasteiger partial charge in [-0.05, 0) is 17.7 Å². The van der Waals surface area contributed by atoms with Gasteiger partial charge in [0.15, 0.2) is 4.96 Å². The lowest BCUT2D eigenvalue weighted by molar-refractivity contribution is -0.120. The van der Waals surface area contributed by atoms with Crippen molar-refractivity contribution in [2.45, 2.75) is 13.0 Å². The largest absolute Gasteiger partial charge is 0.350 e. The Labute approximate surface area is 135 Å². The maximum Gasteiger partial charge on any atom is 0.224 e. The van der Waals surface area contributed by atoms with Crippen molar-refractivity contribution in [3.63, 3.8) is 0 Å². The van der Waals surface area contributed by atoms with Crippen LogP contribution < -0.4 is 5.32 Å². The number of hydrogen-bond donors (Lipinski definition) is 1. The first-order valence-corrected chi connectivity index (χ1v) is 7.87. The Kier molecular flexibility index (Phi) is 4.14. The van der Waals surface area contributed by atoms with Crippen LogP contribution in [0.4, 0.5) is 0 Å². The van der Waals surface area contributed by atoms with Crippen molar-refractivity contribution in [2.75, 3.05) is 0 Å². The molecule has 1 N–H and O–H groups in total. The van der Waals surface area contributed by atoms with E-state index in [1.165, 1.54) is 0 Å². The minimum absolute atomic E-state index is 0.138. The molecule has 1 amide bonds. The monoisotopic (exact) mass is 339 g/mol. The van der Waals surface area contributed by atoms with Crippen molar-refractivity contribution >= 4 is 45.4 Å². The Morgan fingerprint density at radius 2 is 2.10 bits per heavy atom. The predicted octanol–water partition coefficient (Wildman–Crippen LogP) is 3.56. The fraction of sp³-hybridized carbons (Fsp3) is 0.143. The van der Waals surface area contributed by atoms with Crippen molar-refractivity contribution in [3.8, 4) is 0 Å². The molecule has 3 rings (SSSR count). The van der Waals surface area contributed by atoms with E-state index in [2.05, 4.69) is 10.3 Å². The zero-order valence-electron chi connectivity index (χ0n) is 10.8. The molecule has 2 aromatic heterocycles. The summed E-state index contributed by atoms with van der Waals surface area (Å²) in [5.41, 5.74) is 1.46. The standard InChI is InChI=1S/C14H11Cl2N3OS/c15-11-2-1-3-12(16)10(11)6-13(20)17-7-9-8-19-4-5-21-14(19)18-9/h1-5,8H,6-7H2,(H,17,20). The van der Waals surface area contributed by atoms with Crippen LogP contribution in [0, 0.1) is 0 Å². The molecule has 0 aliphatic rings. The Balaban J connectivity index is 1.63. The summed E-state index contributed by atoms with van der Waals surface area (Å²) >= 11 is 13.7. The van der Waals surface area contributed by atoms with Gasteiger partial charge in [-0.2, -0.15) is 0 Å². The molecule has 0 aliphatic heterocycles. The fourth-order valence-electron chi connectivity index (χ4n) is 1.97. The lowest BCUT2D eigenvalue weighted by Crippen LogP contribution is -2.25. The molecule has 0 spiro atoms. The Hall–Kier alpha value is -1.56. The number of carbonyl (C=O) groups is 1. The number of nitrogens with one attached hydrogen (secondary N) is 1. The second-order valence-corrected chi connectivity index (χ2v) is 6.17. The van der Waals surface area contributed by atoms with E-state index < -0.39 is 0 Å². The summed E-state index contributed by atoms with van der Waals surface area (Å²) in [5.74, 6) is -0.138. The third kappa shape index (κ3) is 3.20. The number of thiazole rings is 1. The van der Waals surface area contributed by atoms with E-state index in [-0.39, 0.29) is 12.3 Å². The number of aromatic nitrogens is 2. The van der Waals surface area contributed by atoms with Gasteiger partial charge in [0.1, 0.15) is 0 Å². The molecule has 0 saturated heterocycles. The molecule has 0 atom stereocenters. The van der Waals surface area contributed by atoms with Crippen LogP contribution >= 0.6 is 34.5 Å². The number of amides is 1. The van der Waals surface area contributed by atoms with Crippen molar-refractivity contribution in [2.24, 2.45) is 0 Å². The molecule has 7 heteroatoms. The van der Waals surface area contributed by atoms with Gasteiger partial charge in [0.2, 0.25) is 5.91 Å². The third-order valence-electron chi connectivity index (χ3n) is 3.01. The molecule has 21 heavy (non-hydrogen) atoms. The van der Waals surface area contributed by atoms with Crippen molar-refractivity contribution in [1.82, 2.24) is 14.7 Å². The van der Waals surface area contributed by atoms with Crippen molar-refractivity contribution in [1.29, 1.82) is 0 Å². The van der Waals surface area contributed by atoms with Crippen molar-refractivity contribution in [3.05, 3.63) is 57.3 Å². The van der Waals surface area contributed by atoms with E-state index in [4.69, 9.17) is 23.2 Å². The summed E-state index contributed by atoms with van der Waals surface area (Å²) in [5, 5.41) is 5.79. The molecule has 0 bridgehead atoms. The average Bonchev–Trinajstić information content (AvgIpc) is 3.01. The molecule has 0 unspecified atom stereocenters. The van der Waals surface area contributed by atoms with Gasteiger partial charge in [-0.3, -0.25) is 9.20 Å². The van der Waals surface area contributed by atoms with Gasteiger partial charge in [0.25, 0.3) is 0 Å². The van der Waals surface area contributed by atoms with E-state index in [0.717, 1.165) is 10.7 Å². The first-order valence-electron chi connectivity index (χ1n) is 6.24. The zero-order valence-corrected chi connectivity index (χ0v) is 13.2. The number of nitrogens with zero attached hydrogens (tertiary/aromatic N) is 2. The quantitative estimate of drug-likeness (QED) is 0.789. The molecule has 108 valence electrons. The summed E-state index contributed by atoms with van der Waals surface area (Å²) < 4.78 is 1.93. The minimum Gasteiger partial charge on any atom is -0.350 e. The zero-order chi connectivity index (χ0) is 14.8. The molecule has 1 aromatic carbocycles. The summed E-state index contributed by atoms with van der Waals surface area (Å²) in [7, 11) is 0. The van der Waals surface area contributed by atoms with Gasteiger partial charge in [0, 0.05) is 27.8 Å². The van der Waals surface area contributed by atoms with E-state index in [1.54, 1.807) is 29.5 Å². The number of hydrogen-bond acceptors (Lipinski definition) is 3. The molecule has 0 fully saturated rings. The Bertz CT molecular complexity index is 748. The number of carbonyl (C=O) groups excluding carboxylic acids is 1. The average molecular weight is 340 g/mol. The van der Waals surface area contributed by atoms with E-state index in [9.17, 15) is 4.79 Å². The van der Waals surface area contributed by atoms with Crippen LogP contribution in [0.15, 0.2) is 36.0 Å². The van der Waals surface area contributed by atoms with Crippen LogP contribution in [-0.2, 0) is 17.8 Å². The van der Waals surface area contributed by atoms with Gasteiger partial charge in [0.05, 0.1) is 18.7 Å². The summed E-state index contributed by atoms with van der Waals surface area (Å²) in [6.07, 6.45) is 3.98. The number of rotatable bonds is 4. The highest BCUT2D eigenvalue weighted by Crippen LogP contribution is 2.24. The van der Waals surface area contributed by atoms with Gasteiger partial charge < -0.3 is 5.32 Å². The molecule has 3 aromatic rings. The third-order valence-corrected chi connectivity index (χ3v) is 4.49. The van der Waals surface area contributed by atoms with Crippen LogP contribution in [0.2, 0.25) is 10.0 Å². The smallest absolute Gasteiger partial charge is 0.224 e. The first kappa shape index (κ1) is 14.4. The van der Waals surface area contributed by atoms with E-state index >= 15 is 0 Å². The molecule has 0 aliphatic carbocycles. The summed E-state index contributed by atoms with van der Waals surface area (Å²) in [6.45, 7) is 0.384. The van der Waals surface area contributed by atoms with Crippen molar-refractivity contribution < 1.29 is 4.79 Å². The number of imidazole rings is 1. The van der Waals surface area contributed by atoms with Gasteiger partial charge in [-0.25, -0.2) is 4.98 Å². The predicted molar refractivity (Wildman–Crippen MR) is 85.1 cm³/mol. The molecular weight excluding hydrogens is 329 g/mol. The highest BCUT2D eigenvalue weighted by Gasteiger charge is 2.11. The van der Waals surface area contributed by atoms with Crippen LogP contribution in [0.1, 0.15) is 11.3 Å². The van der Waals surface area contributed by atoms with Crippen LogP contribution in [0.3, 0.4) is 0 Å². The SMILES string of the molecule is O=C(Cc1c(Cl)cccc1Cl)NCc1cn2ccsc2n1. The highest BCUT2D eigenvalue weighted by molar-refractivity contribution is 7.15. The lowest BCUT2D eigenvalue weighted by Gasteiger charge is -2.07. The van der Waals surface area contributed by atoms with E-state index in [0.29, 0.717) is 22.2 Å². The van der Waals surface area contributed by atoms with Gasteiger partial charge >= 0.3 is 0 Å². The lowest BCUT2D eigenvalue weighted by atomic mass is 10.1. The van der Waals surface area contributed by atoms with Crippen LogP contribution in [0.5, 0.6) is 0 Å². The number of halogens is 2. The second kappa shape index (κ2) is 6.05.